The number of nitrogens with zero attached hydrogens (tertiary/aromatic N) is 2. The number of rotatable bonds is 6. The Morgan fingerprint density at radius 3 is 2.67 bits per heavy atom. The van der Waals surface area contributed by atoms with Crippen LogP contribution in [-0.2, 0) is 4.74 Å². The van der Waals surface area contributed by atoms with Crippen molar-refractivity contribution in [3.63, 3.8) is 0 Å². The zero-order valence-electron chi connectivity index (χ0n) is 16.8. The van der Waals surface area contributed by atoms with Crippen molar-refractivity contribution in [3.8, 4) is 5.75 Å². The first-order chi connectivity index (χ1) is 14.6. The van der Waals surface area contributed by atoms with Crippen LogP contribution in [0.15, 0.2) is 54.6 Å². The van der Waals surface area contributed by atoms with Crippen molar-refractivity contribution in [1.82, 2.24) is 15.2 Å². The number of carbonyl (C=O) groups excluding carboxylic acids is 1. The first kappa shape index (κ1) is 20.6. The fourth-order valence-corrected chi connectivity index (χ4v) is 3.86. The first-order valence-electron chi connectivity index (χ1n) is 9.94. The van der Waals surface area contributed by atoms with E-state index in [0.717, 1.165) is 35.3 Å². The maximum atomic E-state index is 12.9. The van der Waals surface area contributed by atoms with Gasteiger partial charge in [-0.1, -0.05) is 23.7 Å². The van der Waals surface area contributed by atoms with Crippen LogP contribution in [0.1, 0.15) is 22.0 Å². The zero-order valence-corrected chi connectivity index (χ0v) is 17.6. The highest BCUT2D eigenvalue weighted by atomic mass is 35.5. The maximum Gasteiger partial charge on any atom is 0.251 e. The monoisotopic (exact) mass is 425 g/mol. The Bertz CT molecular complexity index is 1020. The number of halogens is 1. The molecule has 1 unspecified atom stereocenters. The second-order valence-electron chi connectivity index (χ2n) is 7.19. The van der Waals surface area contributed by atoms with Gasteiger partial charge in [0.05, 0.1) is 31.9 Å². The largest absolute Gasteiger partial charge is 0.497 e. The summed E-state index contributed by atoms with van der Waals surface area (Å²) in [6.07, 6.45) is 0. The third-order valence-corrected chi connectivity index (χ3v) is 5.57. The Morgan fingerprint density at radius 1 is 1.17 bits per heavy atom. The van der Waals surface area contributed by atoms with Crippen molar-refractivity contribution >= 4 is 28.4 Å². The van der Waals surface area contributed by atoms with Crippen LogP contribution in [0.2, 0.25) is 5.15 Å². The smallest absolute Gasteiger partial charge is 0.251 e. The number of hydrogen-bond acceptors (Lipinski definition) is 5. The average Bonchev–Trinajstić information content (AvgIpc) is 2.80. The molecule has 1 aliphatic rings. The van der Waals surface area contributed by atoms with Crippen molar-refractivity contribution in [2.45, 2.75) is 6.04 Å². The number of benzene rings is 2. The topological polar surface area (TPSA) is 63.7 Å². The number of aromatic nitrogens is 1. The van der Waals surface area contributed by atoms with Gasteiger partial charge in [-0.3, -0.25) is 9.69 Å². The molecule has 1 saturated heterocycles. The summed E-state index contributed by atoms with van der Waals surface area (Å²) >= 11 is 5.94. The van der Waals surface area contributed by atoms with Gasteiger partial charge >= 0.3 is 0 Å². The molecule has 0 aliphatic carbocycles. The maximum absolute atomic E-state index is 12.9. The molecule has 1 aliphatic heterocycles. The second kappa shape index (κ2) is 9.43. The molecule has 6 nitrogen and oxygen atoms in total. The molecule has 4 rings (SSSR count). The van der Waals surface area contributed by atoms with Crippen molar-refractivity contribution in [2.75, 3.05) is 40.0 Å². The number of carbonyl (C=O) groups is 1. The molecule has 1 N–H and O–H groups in total. The molecule has 1 fully saturated rings. The van der Waals surface area contributed by atoms with Crippen LogP contribution in [0, 0.1) is 0 Å². The Morgan fingerprint density at radius 2 is 1.93 bits per heavy atom. The summed E-state index contributed by atoms with van der Waals surface area (Å²) in [6, 6.07) is 17.1. The summed E-state index contributed by atoms with van der Waals surface area (Å²) in [5.74, 6) is 0.701. The summed E-state index contributed by atoms with van der Waals surface area (Å²) < 4.78 is 10.8. The summed E-state index contributed by atoms with van der Waals surface area (Å²) in [6.45, 7) is 3.55. The fraction of sp³-hybridized carbons (Fsp3) is 0.304. The number of nitrogens with one attached hydrogen (secondary N) is 1. The number of pyridine rings is 1. The minimum atomic E-state index is -0.112. The van der Waals surface area contributed by atoms with E-state index in [-0.39, 0.29) is 11.9 Å². The minimum Gasteiger partial charge on any atom is -0.497 e. The number of amides is 1. The summed E-state index contributed by atoms with van der Waals surface area (Å²) in [5, 5.41) is 4.42. The Hall–Kier alpha value is -2.67. The van der Waals surface area contributed by atoms with Crippen LogP contribution in [0.25, 0.3) is 10.9 Å². The van der Waals surface area contributed by atoms with Crippen LogP contribution < -0.4 is 10.1 Å². The third kappa shape index (κ3) is 4.73. The van der Waals surface area contributed by atoms with Crippen molar-refractivity contribution in [2.24, 2.45) is 0 Å². The standard InChI is InChI=1S/C23H24ClN3O3/c1-29-19-6-2-16(3-7-19)21(27-10-12-30-13-11-27)15-25-23(28)18-4-8-20-17(14-18)5-9-22(24)26-20/h2-9,14,21H,10-13,15H2,1H3,(H,25,28). The van der Waals surface area contributed by atoms with Crippen LogP contribution in [0.5, 0.6) is 5.75 Å². The lowest BCUT2D eigenvalue weighted by Crippen LogP contribution is -2.43. The highest BCUT2D eigenvalue weighted by Crippen LogP contribution is 2.24. The van der Waals surface area contributed by atoms with E-state index in [2.05, 4.69) is 27.3 Å². The van der Waals surface area contributed by atoms with Crippen molar-refractivity contribution < 1.29 is 14.3 Å². The molecule has 2 heterocycles. The van der Waals surface area contributed by atoms with E-state index in [1.807, 2.05) is 30.3 Å². The van der Waals surface area contributed by atoms with Crippen LogP contribution in [0.3, 0.4) is 0 Å². The predicted molar refractivity (Wildman–Crippen MR) is 117 cm³/mol. The van der Waals surface area contributed by atoms with E-state index >= 15 is 0 Å². The fourth-order valence-electron chi connectivity index (χ4n) is 3.71. The highest BCUT2D eigenvalue weighted by Gasteiger charge is 2.23. The Labute approximate surface area is 180 Å². The van der Waals surface area contributed by atoms with Gasteiger partial charge in [-0.05, 0) is 48.0 Å². The van der Waals surface area contributed by atoms with E-state index in [4.69, 9.17) is 21.1 Å². The zero-order chi connectivity index (χ0) is 20.9. The number of ether oxygens (including phenoxy) is 2. The number of hydrogen-bond donors (Lipinski definition) is 1. The van der Waals surface area contributed by atoms with Crippen LogP contribution in [0.4, 0.5) is 0 Å². The summed E-state index contributed by atoms with van der Waals surface area (Å²) in [7, 11) is 1.65. The van der Waals surface area contributed by atoms with Gasteiger partial charge in [0.25, 0.3) is 5.91 Å². The lowest BCUT2D eigenvalue weighted by molar-refractivity contribution is 0.0162. The quantitative estimate of drug-likeness (QED) is 0.610. The molecule has 1 atom stereocenters. The molecule has 30 heavy (non-hydrogen) atoms. The predicted octanol–water partition coefficient (Wildman–Crippen LogP) is 3.70. The van der Waals surface area contributed by atoms with Gasteiger partial charge < -0.3 is 14.8 Å². The molecule has 7 heteroatoms. The Balaban J connectivity index is 1.50. The van der Waals surface area contributed by atoms with Crippen LogP contribution >= 0.6 is 11.6 Å². The van der Waals surface area contributed by atoms with Crippen molar-refractivity contribution in [1.29, 1.82) is 0 Å². The van der Waals surface area contributed by atoms with E-state index in [1.54, 1.807) is 19.2 Å². The third-order valence-electron chi connectivity index (χ3n) is 5.36. The summed E-state index contributed by atoms with van der Waals surface area (Å²) in [4.78, 5) is 19.5. The molecular formula is C23H24ClN3O3. The van der Waals surface area contributed by atoms with Crippen LogP contribution in [-0.4, -0.2) is 55.7 Å². The van der Waals surface area contributed by atoms with Gasteiger partial charge in [0.2, 0.25) is 0 Å². The Kier molecular flexibility index (Phi) is 6.47. The molecular weight excluding hydrogens is 402 g/mol. The number of morpholine rings is 1. The summed E-state index contributed by atoms with van der Waals surface area (Å²) in [5.41, 5.74) is 2.50. The minimum absolute atomic E-state index is 0.0599. The van der Waals surface area contributed by atoms with E-state index in [0.29, 0.717) is 30.5 Å². The second-order valence-corrected chi connectivity index (χ2v) is 7.58. The van der Waals surface area contributed by atoms with Gasteiger partial charge in [0.1, 0.15) is 10.9 Å². The molecule has 2 aromatic carbocycles. The molecule has 156 valence electrons. The molecule has 1 amide bonds. The SMILES string of the molecule is COc1ccc(C(CNC(=O)c2ccc3nc(Cl)ccc3c2)N2CCOCC2)cc1. The molecule has 3 aromatic rings. The molecule has 1 aromatic heterocycles. The lowest BCUT2D eigenvalue weighted by atomic mass is 10.0. The number of methoxy groups -OCH3 is 1. The number of fused-ring (bicyclic) bond motifs is 1. The van der Waals surface area contributed by atoms with E-state index in [9.17, 15) is 4.79 Å². The van der Waals surface area contributed by atoms with Crippen molar-refractivity contribution in [3.05, 3.63) is 70.9 Å². The van der Waals surface area contributed by atoms with Gasteiger partial charge in [-0.25, -0.2) is 4.98 Å². The first-order valence-corrected chi connectivity index (χ1v) is 10.3. The van der Waals surface area contributed by atoms with Gasteiger partial charge in [-0.15, -0.1) is 0 Å². The highest BCUT2D eigenvalue weighted by molar-refractivity contribution is 6.29. The molecule has 0 bridgehead atoms. The molecule has 0 saturated carbocycles. The van der Waals surface area contributed by atoms with Gasteiger partial charge in [0.15, 0.2) is 0 Å². The normalized spacial score (nSPS) is 15.7. The average molecular weight is 426 g/mol. The van der Waals surface area contributed by atoms with E-state index < -0.39 is 0 Å². The molecule has 0 radical (unpaired) electrons. The van der Waals surface area contributed by atoms with E-state index in [1.165, 1.54) is 0 Å². The van der Waals surface area contributed by atoms with Gasteiger partial charge in [-0.2, -0.15) is 0 Å². The molecule has 0 spiro atoms. The van der Waals surface area contributed by atoms with Gasteiger partial charge in [0, 0.05) is 30.6 Å². The lowest BCUT2D eigenvalue weighted by Gasteiger charge is -2.35.